The first-order valence-electron chi connectivity index (χ1n) is 4.08. The van der Waals surface area contributed by atoms with Gasteiger partial charge in [0.15, 0.2) is 0 Å². The summed E-state index contributed by atoms with van der Waals surface area (Å²) in [6, 6.07) is 7.12. The highest BCUT2D eigenvalue weighted by molar-refractivity contribution is 9.10. The van der Waals surface area contributed by atoms with E-state index in [0.717, 1.165) is 10.2 Å². The van der Waals surface area contributed by atoms with Crippen LogP contribution in [0, 0.1) is 0 Å². The summed E-state index contributed by atoms with van der Waals surface area (Å²) in [7, 11) is 3.50. The smallest absolute Gasteiger partial charge is 0.307 e. The van der Waals surface area contributed by atoms with Crippen molar-refractivity contribution in [3.8, 4) is 0 Å². The fourth-order valence-corrected chi connectivity index (χ4v) is 1.16. The van der Waals surface area contributed by atoms with E-state index < -0.39 is 0 Å². The number of nitrogens with zero attached hydrogens (tertiary/aromatic N) is 1. The quantitative estimate of drug-likeness (QED) is 0.797. The van der Waals surface area contributed by atoms with Crippen LogP contribution in [0.15, 0.2) is 28.7 Å². The first-order valence-corrected chi connectivity index (χ1v) is 4.88. The number of anilines is 1. The number of carbonyl (C=O) groups is 1. The molecule has 2 amide bonds. The molecule has 0 unspecified atom stereocenters. The molecule has 0 saturated heterocycles. The Hall–Kier alpha value is -1.07. The van der Waals surface area contributed by atoms with Crippen LogP contribution in [0.1, 0.15) is 0 Å². The van der Waals surface area contributed by atoms with Gasteiger partial charge >= 0.3 is 6.03 Å². The molecular formula is C9H12BrN3O. The molecular weight excluding hydrogens is 246 g/mol. The Balaban J connectivity index is 2.52. The van der Waals surface area contributed by atoms with Crippen molar-refractivity contribution in [1.82, 2.24) is 10.4 Å². The number of hydrogen-bond donors (Lipinski definition) is 2. The van der Waals surface area contributed by atoms with Gasteiger partial charge < -0.3 is 5.32 Å². The summed E-state index contributed by atoms with van der Waals surface area (Å²) in [6.45, 7) is 0. The van der Waals surface area contributed by atoms with Gasteiger partial charge in [0.2, 0.25) is 0 Å². The Morgan fingerprint density at radius 3 is 2.36 bits per heavy atom. The second kappa shape index (κ2) is 4.97. The van der Waals surface area contributed by atoms with Gasteiger partial charge in [-0.1, -0.05) is 15.9 Å². The van der Waals surface area contributed by atoms with Crippen molar-refractivity contribution in [2.45, 2.75) is 0 Å². The van der Waals surface area contributed by atoms with Crippen molar-refractivity contribution in [1.29, 1.82) is 0 Å². The van der Waals surface area contributed by atoms with Crippen LogP contribution in [0.4, 0.5) is 10.5 Å². The maximum atomic E-state index is 11.2. The lowest BCUT2D eigenvalue weighted by atomic mass is 10.3. The molecule has 0 atom stereocenters. The first kappa shape index (κ1) is 11.0. The van der Waals surface area contributed by atoms with Gasteiger partial charge in [-0.25, -0.2) is 9.80 Å². The van der Waals surface area contributed by atoms with E-state index in [9.17, 15) is 4.79 Å². The van der Waals surface area contributed by atoms with Crippen molar-refractivity contribution in [3.05, 3.63) is 28.7 Å². The molecule has 0 bridgehead atoms. The van der Waals surface area contributed by atoms with Crippen LogP contribution < -0.4 is 10.7 Å². The number of amides is 2. The van der Waals surface area contributed by atoms with Crippen LogP contribution in [0.25, 0.3) is 0 Å². The van der Waals surface area contributed by atoms with Crippen LogP contribution in [-0.2, 0) is 0 Å². The van der Waals surface area contributed by atoms with E-state index in [4.69, 9.17) is 0 Å². The van der Waals surface area contributed by atoms with Gasteiger partial charge in [-0.3, -0.25) is 5.43 Å². The van der Waals surface area contributed by atoms with Crippen molar-refractivity contribution < 1.29 is 4.79 Å². The van der Waals surface area contributed by atoms with Gasteiger partial charge in [-0.15, -0.1) is 0 Å². The predicted molar refractivity (Wildman–Crippen MR) is 60.0 cm³/mol. The molecule has 1 aromatic rings. The topological polar surface area (TPSA) is 44.4 Å². The summed E-state index contributed by atoms with van der Waals surface area (Å²) in [5.41, 5.74) is 3.33. The molecule has 0 aliphatic carbocycles. The molecule has 2 N–H and O–H groups in total. The predicted octanol–water partition coefficient (Wildman–Crippen LogP) is 2.05. The van der Waals surface area contributed by atoms with Gasteiger partial charge in [0, 0.05) is 24.3 Å². The number of hydrogen-bond acceptors (Lipinski definition) is 2. The standard InChI is InChI=1S/C9H12BrN3O/c1-13(2)12-9(14)11-8-5-3-7(10)4-6-8/h3-6H,1-2H3,(H2,11,12,14). The Morgan fingerprint density at radius 1 is 1.29 bits per heavy atom. The summed E-state index contributed by atoms with van der Waals surface area (Å²) in [4.78, 5) is 11.2. The van der Waals surface area contributed by atoms with E-state index in [1.54, 1.807) is 19.1 Å². The largest absolute Gasteiger partial charge is 0.333 e. The third kappa shape index (κ3) is 3.76. The highest BCUT2D eigenvalue weighted by Crippen LogP contribution is 2.13. The van der Waals surface area contributed by atoms with E-state index >= 15 is 0 Å². The van der Waals surface area contributed by atoms with E-state index in [0.29, 0.717) is 0 Å². The van der Waals surface area contributed by atoms with Crippen LogP contribution in [0.2, 0.25) is 0 Å². The normalized spacial score (nSPS) is 10.0. The van der Waals surface area contributed by atoms with Crippen molar-refractivity contribution >= 4 is 27.6 Å². The lowest BCUT2D eigenvalue weighted by molar-refractivity contribution is 0.224. The molecule has 4 nitrogen and oxygen atoms in total. The number of hydrazine groups is 1. The van der Waals surface area contributed by atoms with Gasteiger partial charge in [0.1, 0.15) is 0 Å². The third-order valence-corrected chi connectivity index (χ3v) is 1.96. The number of benzene rings is 1. The minimum Gasteiger partial charge on any atom is -0.307 e. The van der Waals surface area contributed by atoms with Crippen LogP contribution >= 0.6 is 15.9 Å². The molecule has 14 heavy (non-hydrogen) atoms. The zero-order chi connectivity index (χ0) is 10.6. The number of carbonyl (C=O) groups excluding carboxylic acids is 1. The summed E-state index contributed by atoms with van der Waals surface area (Å²) < 4.78 is 0.982. The molecule has 0 heterocycles. The molecule has 0 aliphatic heterocycles. The number of rotatable bonds is 2. The third-order valence-electron chi connectivity index (χ3n) is 1.43. The van der Waals surface area contributed by atoms with Crippen LogP contribution in [-0.4, -0.2) is 25.1 Å². The molecule has 0 fully saturated rings. The zero-order valence-corrected chi connectivity index (χ0v) is 9.63. The number of urea groups is 1. The van der Waals surface area contributed by atoms with Crippen molar-refractivity contribution in [2.24, 2.45) is 0 Å². The Bertz CT molecular complexity index is 310. The van der Waals surface area contributed by atoms with E-state index in [2.05, 4.69) is 26.7 Å². The fraction of sp³-hybridized carbons (Fsp3) is 0.222. The second-order valence-corrected chi connectivity index (χ2v) is 3.88. The number of halogens is 1. The monoisotopic (exact) mass is 257 g/mol. The molecule has 0 aromatic heterocycles. The van der Waals surface area contributed by atoms with Gasteiger partial charge in [-0.05, 0) is 24.3 Å². The molecule has 0 radical (unpaired) electrons. The summed E-state index contributed by atoms with van der Waals surface area (Å²) >= 11 is 3.32. The molecule has 5 heteroatoms. The summed E-state index contributed by atoms with van der Waals surface area (Å²) in [6.07, 6.45) is 0. The molecule has 0 saturated carbocycles. The molecule has 1 aromatic carbocycles. The molecule has 1 rings (SSSR count). The SMILES string of the molecule is CN(C)NC(=O)Nc1ccc(Br)cc1. The molecule has 0 aliphatic rings. The van der Waals surface area contributed by atoms with E-state index in [1.807, 2.05) is 24.3 Å². The second-order valence-electron chi connectivity index (χ2n) is 2.97. The minimum atomic E-state index is -0.252. The van der Waals surface area contributed by atoms with Crippen molar-refractivity contribution in [3.63, 3.8) is 0 Å². The van der Waals surface area contributed by atoms with E-state index in [1.165, 1.54) is 0 Å². The minimum absolute atomic E-state index is 0.252. The van der Waals surface area contributed by atoms with Gasteiger partial charge in [0.25, 0.3) is 0 Å². The Labute approximate surface area is 91.4 Å². The zero-order valence-electron chi connectivity index (χ0n) is 8.04. The lowest BCUT2D eigenvalue weighted by Gasteiger charge is -2.12. The van der Waals surface area contributed by atoms with Gasteiger partial charge in [-0.2, -0.15) is 0 Å². The maximum Gasteiger partial charge on any atom is 0.333 e. The number of nitrogens with one attached hydrogen (secondary N) is 2. The highest BCUT2D eigenvalue weighted by Gasteiger charge is 2.00. The first-order chi connectivity index (χ1) is 6.58. The lowest BCUT2D eigenvalue weighted by Crippen LogP contribution is -2.39. The van der Waals surface area contributed by atoms with Crippen LogP contribution in [0.5, 0.6) is 0 Å². The average Bonchev–Trinajstić information content (AvgIpc) is 2.07. The van der Waals surface area contributed by atoms with Crippen molar-refractivity contribution in [2.75, 3.05) is 19.4 Å². The van der Waals surface area contributed by atoms with Crippen LogP contribution in [0.3, 0.4) is 0 Å². The van der Waals surface area contributed by atoms with Gasteiger partial charge in [0.05, 0.1) is 0 Å². The Morgan fingerprint density at radius 2 is 1.86 bits per heavy atom. The fourth-order valence-electron chi connectivity index (χ4n) is 0.895. The Kier molecular flexibility index (Phi) is 3.91. The summed E-state index contributed by atoms with van der Waals surface area (Å²) in [5.74, 6) is 0. The van der Waals surface area contributed by atoms with E-state index in [-0.39, 0.29) is 6.03 Å². The maximum absolute atomic E-state index is 11.2. The summed E-state index contributed by atoms with van der Waals surface area (Å²) in [5, 5.41) is 4.27. The molecule has 76 valence electrons. The highest BCUT2D eigenvalue weighted by atomic mass is 79.9. The average molecular weight is 258 g/mol. The molecule has 0 spiro atoms.